The van der Waals surface area contributed by atoms with E-state index in [0.29, 0.717) is 6.54 Å². The second kappa shape index (κ2) is 6.95. The quantitative estimate of drug-likeness (QED) is 0.789. The first-order chi connectivity index (χ1) is 8.79. The lowest BCUT2D eigenvalue weighted by Crippen LogP contribution is -2.23. The van der Waals surface area contributed by atoms with Crippen molar-refractivity contribution in [2.45, 2.75) is 51.0 Å². The highest BCUT2D eigenvalue weighted by Gasteiger charge is 2.16. The largest absolute Gasteiger partial charge is 0.494 e. The predicted octanol–water partition coefficient (Wildman–Crippen LogP) is 2.51. The minimum Gasteiger partial charge on any atom is -0.494 e. The molecule has 1 fully saturated rings. The molecule has 0 aliphatic heterocycles. The van der Waals surface area contributed by atoms with Gasteiger partial charge in [-0.05, 0) is 49.3 Å². The zero-order chi connectivity index (χ0) is 12.8. The number of aliphatic hydroxyl groups is 1. The first-order valence-corrected chi connectivity index (χ1v) is 7.21. The SMILES string of the molecule is NCC(O)C1=CC(OCC2CCCCC2)=CCC1. The third kappa shape index (κ3) is 3.85. The summed E-state index contributed by atoms with van der Waals surface area (Å²) in [4.78, 5) is 0. The fourth-order valence-corrected chi connectivity index (χ4v) is 2.78. The smallest absolute Gasteiger partial charge is 0.115 e. The van der Waals surface area contributed by atoms with E-state index < -0.39 is 6.10 Å². The van der Waals surface area contributed by atoms with Crippen molar-refractivity contribution >= 4 is 0 Å². The van der Waals surface area contributed by atoms with Crippen LogP contribution in [-0.2, 0) is 4.74 Å². The number of hydrogen-bond donors (Lipinski definition) is 2. The molecule has 1 atom stereocenters. The molecule has 3 nitrogen and oxygen atoms in total. The van der Waals surface area contributed by atoms with E-state index in [-0.39, 0.29) is 0 Å². The Labute approximate surface area is 110 Å². The monoisotopic (exact) mass is 251 g/mol. The van der Waals surface area contributed by atoms with Gasteiger partial charge in [0.1, 0.15) is 5.76 Å². The molecule has 18 heavy (non-hydrogen) atoms. The van der Waals surface area contributed by atoms with Gasteiger partial charge >= 0.3 is 0 Å². The molecular formula is C15H25NO2. The maximum Gasteiger partial charge on any atom is 0.115 e. The van der Waals surface area contributed by atoms with Gasteiger partial charge in [0.15, 0.2) is 0 Å². The molecule has 0 saturated heterocycles. The Hall–Kier alpha value is -0.800. The number of aliphatic hydroxyl groups excluding tert-OH is 1. The Morgan fingerprint density at radius 2 is 2.11 bits per heavy atom. The van der Waals surface area contributed by atoms with Crippen LogP contribution in [0.1, 0.15) is 44.9 Å². The van der Waals surface area contributed by atoms with Crippen LogP contribution in [0.2, 0.25) is 0 Å². The first kappa shape index (κ1) is 13.6. The molecule has 3 N–H and O–H groups in total. The standard InChI is InChI=1S/C15H25NO2/c16-10-15(17)13-7-4-8-14(9-13)18-11-12-5-2-1-3-6-12/h8-9,12,15,17H,1-7,10-11,16H2. The molecule has 2 aliphatic carbocycles. The minimum atomic E-state index is -0.507. The molecular weight excluding hydrogens is 226 g/mol. The molecule has 102 valence electrons. The molecule has 0 aromatic carbocycles. The Morgan fingerprint density at radius 3 is 2.83 bits per heavy atom. The van der Waals surface area contributed by atoms with Crippen LogP contribution in [0.3, 0.4) is 0 Å². The van der Waals surface area contributed by atoms with Crippen LogP contribution in [0, 0.1) is 5.92 Å². The molecule has 0 radical (unpaired) electrons. The molecule has 0 aromatic heterocycles. The van der Waals surface area contributed by atoms with Gasteiger partial charge in [0.05, 0.1) is 12.7 Å². The summed E-state index contributed by atoms with van der Waals surface area (Å²) in [7, 11) is 0. The number of ether oxygens (including phenoxy) is 1. The Morgan fingerprint density at radius 1 is 1.33 bits per heavy atom. The molecule has 0 bridgehead atoms. The fraction of sp³-hybridized carbons (Fsp3) is 0.733. The predicted molar refractivity (Wildman–Crippen MR) is 73.0 cm³/mol. The minimum absolute atomic E-state index is 0.293. The Kier molecular flexibility index (Phi) is 5.26. The molecule has 0 heterocycles. The maximum absolute atomic E-state index is 9.74. The van der Waals surface area contributed by atoms with E-state index in [1.807, 2.05) is 6.08 Å². The normalized spacial score (nSPS) is 23.2. The van der Waals surface area contributed by atoms with Gasteiger partial charge < -0.3 is 15.6 Å². The maximum atomic E-state index is 9.74. The van der Waals surface area contributed by atoms with E-state index >= 15 is 0 Å². The van der Waals surface area contributed by atoms with Crippen molar-refractivity contribution in [3.05, 3.63) is 23.5 Å². The lowest BCUT2D eigenvalue weighted by atomic mass is 9.90. The van der Waals surface area contributed by atoms with Gasteiger partial charge in [-0.25, -0.2) is 0 Å². The van der Waals surface area contributed by atoms with Crippen LogP contribution < -0.4 is 5.73 Å². The number of nitrogens with two attached hydrogens (primary N) is 1. The lowest BCUT2D eigenvalue weighted by molar-refractivity contribution is 0.146. The van der Waals surface area contributed by atoms with E-state index in [0.717, 1.165) is 36.7 Å². The molecule has 0 spiro atoms. The number of rotatable bonds is 5. The van der Waals surface area contributed by atoms with Crippen molar-refractivity contribution < 1.29 is 9.84 Å². The highest BCUT2D eigenvalue weighted by molar-refractivity contribution is 5.26. The van der Waals surface area contributed by atoms with E-state index in [9.17, 15) is 5.11 Å². The molecule has 1 unspecified atom stereocenters. The number of allylic oxidation sites excluding steroid dienone is 2. The molecule has 3 heteroatoms. The second-order valence-electron chi connectivity index (χ2n) is 5.43. The summed E-state index contributed by atoms with van der Waals surface area (Å²) < 4.78 is 5.88. The summed E-state index contributed by atoms with van der Waals surface area (Å²) in [5, 5.41) is 9.74. The molecule has 2 aliphatic rings. The fourth-order valence-electron chi connectivity index (χ4n) is 2.78. The van der Waals surface area contributed by atoms with Gasteiger partial charge in [0, 0.05) is 6.54 Å². The molecule has 1 saturated carbocycles. The number of hydrogen-bond acceptors (Lipinski definition) is 3. The van der Waals surface area contributed by atoms with Crippen molar-refractivity contribution in [1.29, 1.82) is 0 Å². The van der Waals surface area contributed by atoms with Gasteiger partial charge in [-0.15, -0.1) is 0 Å². The van der Waals surface area contributed by atoms with E-state index in [4.69, 9.17) is 10.5 Å². The van der Waals surface area contributed by atoms with Crippen molar-refractivity contribution in [2.24, 2.45) is 11.7 Å². The van der Waals surface area contributed by atoms with Crippen molar-refractivity contribution in [3.63, 3.8) is 0 Å². The van der Waals surface area contributed by atoms with Gasteiger partial charge in [-0.3, -0.25) is 0 Å². The van der Waals surface area contributed by atoms with Gasteiger partial charge in [0.2, 0.25) is 0 Å². The summed E-state index contributed by atoms with van der Waals surface area (Å²) >= 11 is 0. The van der Waals surface area contributed by atoms with E-state index in [1.165, 1.54) is 32.1 Å². The Bertz CT molecular complexity index is 316. The molecule has 0 amide bonds. The summed E-state index contributed by atoms with van der Waals surface area (Å²) in [5.41, 5.74) is 6.50. The van der Waals surface area contributed by atoms with Gasteiger partial charge in [0.25, 0.3) is 0 Å². The summed E-state index contributed by atoms with van der Waals surface area (Å²) in [5.74, 6) is 1.65. The van der Waals surface area contributed by atoms with Gasteiger partial charge in [-0.1, -0.05) is 19.3 Å². The zero-order valence-corrected chi connectivity index (χ0v) is 11.1. The van der Waals surface area contributed by atoms with Crippen molar-refractivity contribution in [3.8, 4) is 0 Å². The summed E-state index contributed by atoms with van der Waals surface area (Å²) in [6.45, 7) is 1.12. The average molecular weight is 251 g/mol. The van der Waals surface area contributed by atoms with Crippen LogP contribution in [0.15, 0.2) is 23.5 Å². The van der Waals surface area contributed by atoms with E-state index in [1.54, 1.807) is 0 Å². The summed E-state index contributed by atoms with van der Waals surface area (Å²) in [6, 6.07) is 0. The van der Waals surface area contributed by atoms with Crippen LogP contribution in [0.4, 0.5) is 0 Å². The third-order valence-corrected chi connectivity index (χ3v) is 3.97. The third-order valence-electron chi connectivity index (χ3n) is 3.97. The summed E-state index contributed by atoms with van der Waals surface area (Å²) in [6.07, 6.45) is 12.1. The average Bonchev–Trinajstić information content (AvgIpc) is 2.45. The highest BCUT2D eigenvalue weighted by atomic mass is 16.5. The van der Waals surface area contributed by atoms with E-state index in [2.05, 4.69) is 6.08 Å². The van der Waals surface area contributed by atoms with Crippen molar-refractivity contribution in [2.75, 3.05) is 13.2 Å². The van der Waals surface area contributed by atoms with Crippen LogP contribution in [0.25, 0.3) is 0 Å². The highest BCUT2D eigenvalue weighted by Crippen LogP contribution is 2.26. The Balaban J connectivity index is 1.81. The second-order valence-corrected chi connectivity index (χ2v) is 5.43. The first-order valence-electron chi connectivity index (χ1n) is 7.21. The van der Waals surface area contributed by atoms with Crippen LogP contribution >= 0.6 is 0 Å². The molecule has 2 rings (SSSR count). The topological polar surface area (TPSA) is 55.5 Å². The zero-order valence-electron chi connectivity index (χ0n) is 11.1. The van der Waals surface area contributed by atoms with Crippen LogP contribution in [0.5, 0.6) is 0 Å². The molecule has 0 aromatic rings. The lowest BCUT2D eigenvalue weighted by Gasteiger charge is -2.23. The van der Waals surface area contributed by atoms with Crippen molar-refractivity contribution in [1.82, 2.24) is 0 Å². The van der Waals surface area contributed by atoms with Gasteiger partial charge in [-0.2, -0.15) is 0 Å². The van der Waals surface area contributed by atoms with Crippen LogP contribution in [-0.4, -0.2) is 24.4 Å².